The highest BCUT2D eigenvalue weighted by molar-refractivity contribution is 5.55. The summed E-state index contributed by atoms with van der Waals surface area (Å²) < 4.78 is 39.3. The zero-order valence-corrected chi connectivity index (χ0v) is 10.7. The van der Waals surface area contributed by atoms with E-state index in [1.54, 1.807) is 17.0 Å². The fourth-order valence-electron chi connectivity index (χ4n) is 2.31. The lowest BCUT2D eigenvalue weighted by Crippen LogP contribution is -2.35. The van der Waals surface area contributed by atoms with Gasteiger partial charge in [-0.25, -0.2) is 4.98 Å². The van der Waals surface area contributed by atoms with Crippen LogP contribution in [0.2, 0.25) is 0 Å². The summed E-state index contributed by atoms with van der Waals surface area (Å²) in [6.07, 6.45) is -3.02. The molecule has 2 aromatic heterocycles. The molecule has 0 radical (unpaired) electrons. The van der Waals surface area contributed by atoms with Crippen LogP contribution >= 0.6 is 0 Å². The van der Waals surface area contributed by atoms with E-state index in [1.807, 2.05) is 6.07 Å². The molecule has 3 heterocycles. The molecule has 0 N–H and O–H groups in total. The second-order valence-corrected chi connectivity index (χ2v) is 4.49. The van der Waals surface area contributed by atoms with E-state index < -0.39 is 12.0 Å². The van der Waals surface area contributed by atoms with Crippen molar-refractivity contribution in [1.29, 1.82) is 5.26 Å². The molecule has 0 unspecified atom stereocenters. The van der Waals surface area contributed by atoms with Gasteiger partial charge in [-0.2, -0.15) is 18.4 Å². The first-order valence-corrected chi connectivity index (χ1v) is 6.10. The Morgan fingerprint density at radius 1 is 1.24 bits per heavy atom. The molecule has 0 saturated heterocycles. The Bertz CT molecular complexity index is 715. The summed E-state index contributed by atoms with van der Waals surface area (Å²) in [6, 6.07) is 5.36. The first kappa shape index (κ1) is 13.4. The summed E-state index contributed by atoms with van der Waals surface area (Å²) in [4.78, 5) is 5.72. The van der Waals surface area contributed by atoms with Gasteiger partial charge >= 0.3 is 6.18 Å². The van der Waals surface area contributed by atoms with Crippen molar-refractivity contribution in [3.05, 3.63) is 35.7 Å². The quantitative estimate of drug-likeness (QED) is 0.798. The van der Waals surface area contributed by atoms with Crippen LogP contribution in [-0.2, 0) is 19.3 Å². The Balaban J connectivity index is 1.93. The van der Waals surface area contributed by atoms with Gasteiger partial charge in [-0.1, -0.05) is 0 Å². The third kappa shape index (κ3) is 2.29. The molecule has 1 aliphatic rings. The van der Waals surface area contributed by atoms with Gasteiger partial charge < -0.3 is 9.47 Å². The smallest absolute Gasteiger partial charge is 0.360 e. The number of aromatic nitrogens is 4. The third-order valence-corrected chi connectivity index (χ3v) is 3.24. The molecule has 2 aromatic rings. The van der Waals surface area contributed by atoms with Gasteiger partial charge in [0.15, 0.2) is 11.5 Å². The molecule has 21 heavy (non-hydrogen) atoms. The molecule has 3 rings (SSSR count). The van der Waals surface area contributed by atoms with Crippen molar-refractivity contribution in [3.63, 3.8) is 0 Å². The fraction of sp³-hybridized carbons (Fsp3) is 0.333. The maximum absolute atomic E-state index is 12.8. The Kier molecular flexibility index (Phi) is 3.01. The highest BCUT2D eigenvalue weighted by atomic mass is 19.4. The number of nitriles is 1. The Labute approximate surface area is 117 Å². The minimum absolute atomic E-state index is 0.108. The molecule has 0 fully saturated rings. The van der Waals surface area contributed by atoms with Gasteiger partial charge in [0.25, 0.3) is 0 Å². The van der Waals surface area contributed by atoms with Crippen molar-refractivity contribution in [2.75, 3.05) is 11.4 Å². The van der Waals surface area contributed by atoms with Gasteiger partial charge in [-0.05, 0) is 12.1 Å². The van der Waals surface area contributed by atoms with E-state index in [2.05, 4.69) is 15.2 Å². The summed E-state index contributed by atoms with van der Waals surface area (Å²) in [5, 5.41) is 15.9. The Morgan fingerprint density at radius 3 is 2.76 bits per heavy atom. The van der Waals surface area contributed by atoms with E-state index in [0.29, 0.717) is 12.2 Å². The van der Waals surface area contributed by atoms with Crippen LogP contribution in [0.4, 0.5) is 18.9 Å². The summed E-state index contributed by atoms with van der Waals surface area (Å²) in [5.74, 6) is -0.759. The normalized spacial score (nSPS) is 14.7. The first-order valence-electron chi connectivity index (χ1n) is 6.10. The van der Waals surface area contributed by atoms with Crippen LogP contribution in [0, 0.1) is 11.3 Å². The van der Waals surface area contributed by atoms with Gasteiger partial charge in [-0.3, -0.25) is 0 Å². The van der Waals surface area contributed by atoms with Crippen molar-refractivity contribution in [2.24, 2.45) is 0 Å². The summed E-state index contributed by atoms with van der Waals surface area (Å²) >= 11 is 0. The van der Waals surface area contributed by atoms with Crippen LogP contribution in [0.1, 0.15) is 17.3 Å². The number of hydrogen-bond donors (Lipinski definition) is 0. The van der Waals surface area contributed by atoms with E-state index >= 15 is 0 Å². The van der Waals surface area contributed by atoms with Crippen LogP contribution in [0.25, 0.3) is 0 Å². The molecule has 0 saturated carbocycles. The zero-order chi connectivity index (χ0) is 15.0. The number of rotatable bonds is 1. The number of hydrogen-bond acceptors (Lipinski definition) is 5. The lowest BCUT2D eigenvalue weighted by molar-refractivity contribution is -0.147. The molecule has 0 aliphatic carbocycles. The summed E-state index contributed by atoms with van der Waals surface area (Å²) in [5.41, 5.74) is 0.823. The number of fused-ring (bicyclic) bond motifs is 1. The summed E-state index contributed by atoms with van der Waals surface area (Å²) in [6.45, 7) is 0.592. The number of alkyl halides is 3. The minimum atomic E-state index is -4.51. The van der Waals surface area contributed by atoms with E-state index in [0.717, 1.165) is 4.57 Å². The maximum Gasteiger partial charge on any atom is 0.451 e. The van der Waals surface area contributed by atoms with E-state index in [-0.39, 0.29) is 24.6 Å². The van der Waals surface area contributed by atoms with Crippen molar-refractivity contribution >= 4 is 5.69 Å². The van der Waals surface area contributed by atoms with E-state index in [9.17, 15) is 13.2 Å². The van der Waals surface area contributed by atoms with Crippen molar-refractivity contribution in [3.8, 4) is 6.07 Å². The average Bonchev–Trinajstić information content (AvgIpc) is 2.90. The molecule has 108 valence electrons. The second-order valence-electron chi connectivity index (χ2n) is 4.49. The summed E-state index contributed by atoms with van der Waals surface area (Å²) in [7, 11) is 0. The second kappa shape index (κ2) is 4.73. The molecule has 1 aliphatic heterocycles. The largest absolute Gasteiger partial charge is 0.451 e. The molecule has 0 amide bonds. The molecule has 0 bridgehead atoms. The van der Waals surface area contributed by atoms with Crippen LogP contribution in [0.5, 0.6) is 0 Å². The molecule has 0 atom stereocenters. The SMILES string of the molecule is N#Cc1ncccc1N1CCn2c(nnc2C(F)(F)F)C1. The van der Waals surface area contributed by atoms with Gasteiger partial charge in [0, 0.05) is 19.3 Å². The number of anilines is 1. The van der Waals surface area contributed by atoms with Gasteiger partial charge in [-0.15, -0.1) is 10.2 Å². The van der Waals surface area contributed by atoms with E-state index in [1.165, 1.54) is 6.20 Å². The highest BCUT2D eigenvalue weighted by Crippen LogP contribution is 2.30. The van der Waals surface area contributed by atoms with Crippen molar-refractivity contribution in [1.82, 2.24) is 19.7 Å². The maximum atomic E-state index is 12.8. The standard InChI is InChI=1S/C12H9F3N6/c13-12(14,15)11-19-18-10-7-20(4-5-21(10)11)9-2-1-3-17-8(9)6-16/h1-3H,4-5,7H2. The number of nitrogens with zero attached hydrogens (tertiary/aromatic N) is 6. The van der Waals surface area contributed by atoms with E-state index in [4.69, 9.17) is 5.26 Å². The molecule has 0 aromatic carbocycles. The van der Waals surface area contributed by atoms with Crippen molar-refractivity contribution in [2.45, 2.75) is 19.3 Å². The van der Waals surface area contributed by atoms with Crippen LogP contribution in [0.3, 0.4) is 0 Å². The van der Waals surface area contributed by atoms with Crippen molar-refractivity contribution < 1.29 is 13.2 Å². The molecule has 6 nitrogen and oxygen atoms in total. The van der Waals surface area contributed by atoms with Crippen LogP contribution < -0.4 is 4.90 Å². The molecular formula is C12H9F3N6. The topological polar surface area (TPSA) is 70.6 Å². The predicted molar refractivity (Wildman–Crippen MR) is 65.0 cm³/mol. The number of halogens is 3. The third-order valence-electron chi connectivity index (χ3n) is 3.24. The minimum Gasteiger partial charge on any atom is -0.360 e. The lowest BCUT2D eigenvalue weighted by atomic mass is 10.2. The Morgan fingerprint density at radius 2 is 2.05 bits per heavy atom. The molecule has 0 spiro atoms. The molecular weight excluding hydrogens is 285 g/mol. The van der Waals surface area contributed by atoms with Crippen LogP contribution in [0.15, 0.2) is 18.3 Å². The zero-order valence-electron chi connectivity index (χ0n) is 10.7. The molecule has 9 heteroatoms. The number of pyridine rings is 1. The highest BCUT2D eigenvalue weighted by Gasteiger charge is 2.39. The van der Waals surface area contributed by atoms with Gasteiger partial charge in [0.2, 0.25) is 5.82 Å². The fourth-order valence-corrected chi connectivity index (χ4v) is 2.31. The van der Waals surface area contributed by atoms with Gasteiger partial charge in [0.1, 0.15) is 6.07 Å². The monoisotopic (exact) mass is 294 g/mol. The predicted octanol–water partition coefficient (Wildman–Crippen LogP) is 1.58. The Hall–Kier alpha value is -2.63. The van der Waals surface area contributed by atoms with Gasteiger partial charge in [0.05, 0.1) is 12.2 Å². The lowest BCUT2D eigenvalue weighted by Gasteiger charge is -2.29. The van der Waals surface area contributed by atoms with Crippen LogP contribution in [-0.4, -0.2) is 26.3 Å². The first-order chi connectivity index (χ1) is 10.0. The average molecular weight is 294 g/mol.